The molecule has 0 atom stereocenters. The molecule has 0 aliphatic heterocycles. The molecule has 0 unspecified atom stereocenters. The van der Waals surface area contributed by atoms with Crippen LogP contribution in [0.5, 0.6) is 0 Å². The number of aromatic nitrogens is 2. The third-order valence-corrected chi connectivity index (χ3v) is 4.78. The number of ketones is 1. The van der Waals surface area contributed by atoms with Gasteiger partial charge in [0, 0.05) is 13.7 Å². The van der Waals surface area contributed by atoms with E-state index in [0.29, 0.717) is 16.6 Å². The molecule has 8 nitrogen and oxygen atoms in total. The fraction of sp³-hybridized carbons (Fsp3) is 0.353. The Balaban J connectivity index is 2.23. The maximum Gasteiger partial charge on any atom is 0.330 e. The van der Waals surface area contributed by atoms with Gasteiger partial charge in [-0.1, -0.05) is 35.3 Å². The Kier molecular flexibility index (Phi) is 7.20. The molecule has 1 heterocycles. The zero-order valence-corrected chi connectivity index (χ0v) is 16.4. The second-order valence-electron chi connectivity index (χ2n) is 5.97. The smallest absolute Gasteiger partial charge is 0.330 e. The number of methoxy groups -OCH3 is 1. The van der Waals surface area contributed by atoms with Gasteiger partial charge in [0.15, 0.2) is 5.78 Å². The number of ether oxygens (including phenoxy) is 1. The summed E-state index contributed by atoms with van der Waals surface area (Å²) in [6.45, 7) is 0.563. The van der Waals surface area contributed by atoms with E-state index < -0.39 is 17.0 Å². The summed E-state index contributed by atoms with van der Waals surface area (Å²) in [5.74, 6) is -0.694. The molecular formula is C17H20Cl2N4O4. The number of nitrogen functional groups attached to an aromatic ring is 1. The Bertz CT molecular complexity index is 955. The lowest BCUT2D eigenvalue weighted by atomic mass is 10.1. The highest BCUT2D eigenvalue weighted by Gasteiger charge is 2.21. The van der Waals surface area contributed by atoms with Crippen molar-refractivity contribution in [1.82, 2.24) is 14.5 Å². The quantitative estimate of drug-likeness (QED) is 0.631. The molecule has 0 spiro atoms. The number of aromatic amines is 1. The number of hydrogen-bond acceptors (Lipinski definition) is 6. The van der Waals surface area contributed by atoms with Crippen molar-refractivity contribution in [3.8, 4) is 0 Å². The van der Waals surface area contributed by atoms with Gasteiger partial charge in [-0.05, 0) is 18.7 Å². The normalized spacial score (nSPS) is 11.1. The summed E-state index contributed by atoms with van der Waals surface area (Å²) in [4.78, 5) is 40.4. The van der Waals surface area contributed by atoms with Crippen molar-refractivity contribution in [3.63, 3.8) is 0 Å². The number of hydrogen-bond donors (Lipinski definition) is 2. The summed E-state index contributed by atoms with van der Waals surface area (Å²) in [5.41, 5.74) is 4.89. The van der Waals surface area contributed by atoms with Gasteiger partial charge in [0.1, 0.15) is 11.4 Å². The van der Waals surface area contributed by atoms with Crippen molar-refractivity contribution in [2.24, 2.45) is 0 Å². The first-order valence-electron chi connectivity index (χ1n) is 8.02. The lowest BCUT2D eigenvalue weighted by Gasteiger charge is -2.18. The maximum absolute atomic E-state index is 12.6. The van der Waals surface area contributed by atoms with E-state index >= 15 is 0 Å². The van der Waals surface area contributed by atoms with Gasteiger partial charge < -0.3 is 10.5 Å². The number of likely N-dealkylation sites (N-methyl/N-ethyl adjacent to an activating group) is 1. The summed E-state index contributed by atoms with van der Waals surface area (Å²) >= 11 is 12.2. The van der Waals surface area contributed by atoms with Crippen molar-refractivity contribution in [1.29, 1.82) is 0 Å². The SMILES string of the molecule is COCCn1c(N)c(C(=O)CN(C)Cc2cccc(Cl)c2Cl)c(=O)[nH]c1=O. The molecule has 2 aromatic rings. The minimum Gasteiger partial charge on any atom is -0.384 e. The minimum absolute atomic E-state index is 0.0986. The van der Waals surface area contributed by atoms with E-state index in [-0.39, 0.29) is 31.1 Å². The first-order valence-corrected chi connectivity index (χ1v) is 8.78. The predicted molar refractivity (Wildman–Crippen MR) is 105 cm³/mol. The Morgan fingerprint density at radius 3 is 2.70 bits per heavy atom. The number of H-pyrrole nitrogens is 1. The third-order valence-electron chi connectivity index (χ3n) is 3.92. The standard InChI is InChI=1S/C17H20Cl2N4O4/c1-22(8-10-4-3-5-11(18)14(10)19)9-12(24)13-15(20)23(6-7-27-2)17(26)21-16(13)25/h3-5H,6-9,20H2,1-2H3,(H,21,25,26). The average Bonchev–Trinajstić information content (AvgIpc) is 2.58. The Morgan fingerprint density at radius 2 is 2.04 bits per heavy atom. The van der Waals surface area contributed by atoms with Crippen molar-refractivity contribution in [2.75, 3.05) is 33.0 Å². The lowest BCUT2D eigenvalue weighted by Crippen LogP contribution is -2.39. The topological polar surface area (TPSA) is 110 Å². The predicted octanol–water partition coefficient (Wildman–Crippen LogP) is 1.39. The summed E-state index contributed by atoms with van der Waals surface area (Å²) in [7, 11) is 3.16. The largest absolute Gasteiger partial charge is 0.384 e. The second-order valence-corrected chi connectivity index (χ2v) is 6.76. The van der Waals surface area contributed by atoms with Gasteiger partial charge in [0.25, 0.3) is 5.56 Å². The molecule has 0 saturated carbocycles. The van der Waals surface area contributed by atoms with E-state index in [1.54, 1.807) is 30.1 Å². The fourth-order valence-corrected chi connectivity index (χ4v) is 2.98. The highest BCUT2D eigenvalue weighted by atomic mass is 35.5. The number of benzene rings is 1. The van der Waals surface area contributed by atoms with Crippen LogP contribution in [0.15, 0.2) is 27.8 Å². The Labute approximate surface area is 165 Å². The molecule has 0 fully saturated rings. The second kappa shape index (κ2) is 9.18. The summed E-state index contributed by atoms with van der Waals surface area (Å²) < 4.78 is 6.02. The highest BCUT2D eigenvalue weighted by molar-refractivity contribution is 6.42. The van der Waals surface area contributed by atoms with Gasteiger partial charge in [-0.3, -0.25) is 24.0 Å². The molecule has 0 aliphatic carbocycles. The minimum atomic E-state index is -0.814. The molecule has 2 rings (SSSR count). The van der Waals surface area contributed by atoms with Crippen LogP contribution in [0.1, 0.15) is 15.9 Å². The van der Waals surface area contributed by atoms with Crippen LogP contribution >= 0.6 is 23.2 Å². The summed E-state index contributed by atoms with van der Waals surface area (Å²) in [6, 6.07) is 5.22. The van der Waals surface area contributed by atoms with Crippen LogP contribution in [-0.2, 0) is 17.8 Å². The summed E-state index contributed by atoms with van der Waals surface area (Å²) in [5, 5.41) is 0.823. The van der Waals surface area contributed by atoms with Crippen molar-refractivity contribution in [3.05, 3.63) is 60.2 Å². The molecule has 0 amide bonds. The van der Waals surface area contributed by atoms with Crippen molar-refractivity contribution < 1.29 is 9.53 Å². The van der Waals surface area contributed by atoms with Gasteiger partial charge >= 0.3 is 5.69 Å². The number of nitrogens with two attached hydrogens (primary N) is 1. The van der Waals surface area contributed by atoms with Crippen LogP contribution in [0.3, 0.4) is 0 Å². The van der Waals surface area contributed by atoms with Crippen LogP contribution < -0.4 is 17.0 Å². The van der Waals surface area contributed by atoms with E-state index in [1.165, 1.54) is 7.11 Å². The molecular weight excluding hydrogens is 395 g/mol. The molecule has 1 aromatic carbocycles. The van der Waals surface area contributed by atoms with Gasteiger partial charge in [-0.25, -0.2) is 4.79 Å². The number of nitrogens with one attached hydrogen (secondary N) is 1. The van der Waals surface area contributed by atoms with Gasteiger partial charge in [0.05, 0.1) is 29.7 Å². The number of halogens is 2. The third kappa shape index (κ3) is 4.98. The first kappa shape index (κ1) is 21.2. The molecule has 0 aliphatic rings. The fourth-order valence-electron chi connectivity index (χ4n) is 2.60. The zero-order chi connectivity index (χ0) is 20.1. The van der Waals surface area contributed by atoms with E-state index in [1.807, 2.05) is 0 Å². The number of Topliss-reactive ketones (excluding diaryl/α,β-unsaturated/α-hetero) is 1. The monoisotopic (exact) mass is 414 g/mol. The molecule has 146 valence electrons. The summed E-state index contributed by atoms with van der Waals surface area (Å²) in [6.07, 6.45) is 0. The number of rotatable bonds is 8. The van der Waals surface area contributed by atoms with E-state index in [2.05, 4.69) is 4.98 Å². The average molecular weight is 415 g/mol. The molecule has 27 heavy (non-hydrogen) atoms. The molecule has 0 saturated heterocycles. The Hall–Kier alpha value is -2.13. The lowest BCUT2D eigenvalue weighted by molar-refractivity contribution is 0.0941. The maximum atomic E-state index is 12.6. The van der Waals surface area contributed by atoms with Crippen molar-refractivity contribution in [2.45, 2.75) is 13.1 Å². The zero-order valence-electron chi connectivity index (χ0n) is 14.9. The van der Waals surface area contributed by atoms with Crippen LogP contribution in [0, 0.1) is 0 Å². The highest BCUT2D eigenvalue weighted by Crippen LogP contribution is 2.26. The molecule has 0 bridgehead atoms. The molecule has 10 heteroatoms. The number of carbonyl (C=O) groups excluding carboxylic acids is 1. The van der Waals surface area contributed by atoms with Gasteiger partial charge in [-0.15, -0.1) is 0 Å². The van der Waals surface area contributed by atoms with Crippen LogP contribution in [0.4, 0.5) is 5.82 Å². The number of anilines is 1. The molecule has 1 aromatic heterocycles. The molecule has 0 radical (unpaired) electrons. The Morgan fingerprint density at radius 1 is 1.33 bits per heavy atom. The van der Waals surface area contributed by atoms with Crippen molar-refractivity contribution >= 4 is 34.8 Å². The van der Waals surface area contributed by atoms with E-state index in [0.717, 1.165) is 10.1 Å². The number of carbonyl (C=O) groups is 1. The van der Waals surface area contributed by atoms with E-state index in [4.69, 9.17) is 33.7 Å². The molecule has 3 N–H and O–H groups in total. The number of nitrogens with zero attached hydrogens (tertiary/aromatic N) is 2. The van der Waals surface area contributed by atoms with Crippen LogP contribution in [-0.4, -0.2) is 47.5 Å². The van der Waals surface area contributed by atoms with Gasteiger partial charge in [-0.2, -0.15) is 0 Å². The van der Waals surface area contributed by atoms with E-state index in [9.17, 15) is 14.4 Å². The van der Waals surface area contributed by atoms with Crippen LogP contribution in [0.2, 0.25) is 10.0 Å². The first-order chi connectivity index (χ1) is 12.8. The van der Waals surface area contributed by atoms with Gasteiger partial charge in [0.2, 0.25) is 0 Å². The van der Waals surface area contributed by atoms with Crippen LogP contribution in [0.25, 0.3) is 0 Å².